The first-order valence-corrected chi connectivity index (χ1v) is 6.94. The van der Waals surface area contributed by atoms with Crippen molar-refractivity contribution in [2.45, 2.75) is 6.92 Å². The summed E-state index contributed by atoms with van der Waals surface area (Å²) in [7, 11) is 0. The molecule has 0 fully saturated rings. The van der Waals surface area contributed by atoms with Crippen LogP contribution < -0.4 is 10.6 Å². The maximum absolute atomic E-state index is 13.7. The molecule has 24 heavy (non-hydrogen) atoms. The number of carbonyl (C=O) groups is 1. The number of anilines is 3. The summed E-state index contributed by atoms with van der Waals surface area (Å²) in [5.41, 5.74) is 0.0649. The van der Waals surface area contributed by atoms with Crippen molar-refractivity contribution in [2.24, 2.45) is 0 Å². The Bertz CT molecular complexity index is 875. The van der Waals surface area contributed by atoms with Gasteiger partial charge in [-0.25, -0.2) is 8.78 Å². The molecule has 1 amide bonds. The van der Waals surface area contributed by atoms with Crippen molar-refractivity contribution in [1.82, 2.24) is 10.1 Å². The number of pyridine rings is 1. The molecule has 0 unspecified atom stereocenters. The van der Waals surface area contributed by atoms with Gasteiger partial charge in [0.05, 0.1) is 0 Å². The van der Waals surface area contributed by atoms with E-state index in [1.54, 1.807) is 13.0 Å². The molecule has 2 heterocycles. The maximum atomic E-state index is 13.7. The summed E-state index contributed by atoms with van der Waals surface area (Å²) in [5, 5.41) is 8.76. The zero-order valence-electron chi connectivity index (χ0n) is 12.5. The van der Waals surface area contributed by atoms with Crippen LogP contribution in [0.4, 0.5) is 26.0 Å². The minimum absolute atomic E-state index is 0.0531. The van der Waals surface area contributed by atoms with Gasteiger partial charge < -0.3 is 15.2 Å². The summed E-state index contributed by atoms with van der Waals surface area (Å²) < 4.78 is 32.2. The first-order chi connectivity index (χ1) is 11.5. The number of nitrogens with zero attached hydrogens (tertiary/aromatic N) is 2. The van der Waals surface area contributed by atoms with Crippen LogP contribution in [0.3, 0.4) is 0 Å². The summed E-state index contributed by atoms with van der Waals surface area (Å²) in [6.45, 7) is 1.69. The third-order valence-corrected chi connectivity index (χ3v) is 3.09. The largest absolute Gasteiger partial charge is 0.360 e. The third-order valence-electron chi connectivity index (χ3n) is 3.09. The van der Waals surface area contributed by atoms with E-state index in [2.05, 4.69) is 20.8 Å². The molecule has 122 valence electrons. The van der Waals surface area contributed by atoms with Crippen LogP contribution in [-0.4, -0.2) is 16.0 Å². The highest BCUT2D eigenvalue weighted by Crippen LogP contribution is 2.23. The Morgan fingerprint density at radius 1 is 1.17 bits per heavy atom. The minimum atomic E-state index is -0.740. The van der Waals surface area contributed by atoms with Gasteiger partial charge in [-0.1, -0.05) is 11.2 Å². The fourth-order valence-corrected chi connectivity index (χ4v) is 2.00. The van der Waals surface area contributed by atoms with E-state index in [1.807, 2.05) is 0 Å². The maximum Gasteiger partial charge on any atom is 0.275 e. The van der Waals surface area contributed by atoms with Gasteiger partial charge in [0, 0.05) is 18.0 Å². The third kappa shape index (κ3) is 3.37. The van der Waals surface area contributed by atoms with Crippen LogP contribution in [-0.2, 0) is 0 Å². The summed E-state index contributed by atoms with van der Waals surface area (Å²) in [4.78, 5) is 16.1. The number of nitrogens with one attached hydrogen (secondary N) is 2. The van der Waals surface area contributed by atoms with Gasteiger partial charge in [-0.15, -0.1) is 0 Å². The quantitative estimate of drug-likeness (QED) is 0.763. The molecule has 8 heteroatoms. The topological polar surface area (TPSA) is 80.0 Å². The number of aryl methyl sites for hydroxylation is 1. The van der Waals surface area contributed by atoms with Gasteiger partial charge in [0.15, 0.2) is 5.82 Å². The molecule has 6 nitrogen and oxygen atoms in total. The van der Waals surface area contributed by atoms with Gasteiger partial charge in [-0.2, -0.15) is 0 Å². The molecule has 1 aromatic carbocycles. The molecule has 0 aliphatic heterocycles. The number of hydrogen-bond donors (Lipinski definition) is 2. The lowest BCUT2D eigenvalue weighted by atomic mass is 10.2. The molecule has 0 saturated heterocycles. The van der Waals surface area contributed by atoms with Crippen molar-refractivity contribution in [2.75, 3.05) is 10.6 Å². The van der Waals surface area contributed by atoms with E-state index in [-0.39, 0.29) is 17.2 Å². The number of para-hydroxylation sites is 1. The Labute approximate surface area is 135 Å². The van der Waals surface area contributed by atoms with Crippen LogP contribution in [0, 0.1) is 18.6 Å². The predicted octanol–water partition coefficient (Wildman–Crippen LogP) is 3.65. The normalized spacial score (nSPS) is 10.5. The number of benzene rings is 1. The van der Waals surface area contributed by atoms with Crippen LogP contribution in [0.2, 0.25) is 0 Å². The van der Waals surface area contributed by atoms with Crippen LogP contribution in [0.25, 0.3) is 0 Å². The number of aromatic nitrogens is 2. The first-order valence-electron chi connectivity index (χ1n) is 6.94. The summed E-state index contributed by atoms with van der Waals surface area (Å²) in [6, 6.07) is 7.94. The lowest BCUT2D eigenvalue weighted by molar-refractivity contribution is 0.102. The van der Waals surface area contributed by atoms with Gasteiger partial charge >= 0.3 is 0 Å². The lowest BCUT2D eigenvalue weighted by Crippen LogP contribution is -2.14. The van der Waals surface area contributed by atoms with Gasteiger partial charge in [0.25, 0.3) is 5.91 Å². The molecule has 0 atom stereocenters. The number of rotatable bonds is 4. The highest BCUT2D eigenvalue weighted by Gasteiger charge is 2.13. The van der Waals surface area contributed by atoms with Crippen LogP contribution in [0.15, 0.2) is 47.1 Å². The van der Waals surface area contributed by atoms with Crippen molar-refractivity contribution in [3.05, 3.63) is 65.7 Å². The Morgan fingerprint density at radius 2 is 1.92 bits per heavy atom. The number of carbonyl (C=O) groups excluding carboxylic acids is 1. The number of amides is 1. The molecule has 0 bridgehead atoms. The van der Waals surface area contributed by atoms with E-state index < -0.39 is 17.5 Å². The minimum Gasteiger partial charge on any atom is -0.360 e. The predicted molar refractivity (Wildman–Crippen MR) is 83.1 cm³/mol. The summed E-state index contributed by atoms with van der Waals surface area (Å²) in [6.07, 6.45) is 1.35. The van der Waals surface area contributed by atoms with E-state index in [0.717, 1.165) is 12.1 Å². The summed E-state index contributed by atoms with van der Waals surface area (Å²) in [5.74, 6) is -1.21. The molecule has 0 saturated carbocycles. The van der Waals surface area contributed by atoms with Gasteiger partial charge in [-0.3, -0.25) is 9.78 Å². The summed E-state index contributed by atoms with van der Waals surface area (Å²) >= 11 is 0. The smallest absolute Gasteiger partial charge is 0.275 e. The Morgan fingerprint density at radius 3 is 2.58 bits per heavy atom. The van der Waals surface area contributed by atoms with Crippen molar-refractivity contribution in [3.8, 4) is 0 Å². The Balaban J connectivity index is 1.80. The fourth-order valence-electron chi connectivity index (χ4n) is 2.00. The standard InChI is InChI=1S/C16H12F2N4O2/c1-9-7-14(22-24-9)21-16(23)13-8-10(5-6-19-13)20-15-11(17)3-2-4-12(15)18/h2-8H,1H3,(H,19,20)(H,21,22,23). The molecule has 3 aromatic rings. The Hall–Kier alpha value is -3.29. The Kier molecular flexibility index (Phi) is 4.19. The molecular weight excluding hydrogens is 318 g/mol. The second-order valence-corrected chi connectivity index (χ2v) is 4.93. The highest BCUT2D eigenvalue weighted by molar-refractivity contribution is 6.02. The van der Waals surface area contributed by atoms with Gasteiger partial charge in [0.2, 0.25) is 0 Å². The molecule has 0 spiro atoms. The van der Waals surface area contributed by atoms with Crippen molar-refractivity contribution >= 4 is 23.1 Å². The van der Waals surface area contributed by atoms with E-state index in [1.165, 1.54) is 24.4 Å². The van der Waals surface area contributed by atoms with Gasteiger partial charge in [-0.05, 0) is 31.2 Å². The van der Waals surface area contributed by atoms with E-state index in [0.29, 0.717) is 11.4 Å². The van der Waals surface area contributed by atoms with Gasteiger partial charge in [0.1, 0.15) is 28.8 Å². The molecule has 0 aliphatic rings. The second-order valence-electron chi connectivity index (χ2n) is 4.93. The van der Waals surface area contributed by atoms with E-state index in [4.69, 9.17) is 4.52 Å². The zero-order chi connectivity index (χ0) is 17.1. The zero-order valence-corrected chi connectivity index (χ0v) is 12.5. The second kappa shape index (κ2) is 6.45. The average molecular weight is 330 g/mol. The average Bonchev–Trinajstić information content (AvgIpc) is 2.96. The SMILES string of the molecule is Cc1cc(NC(=O)c2cc(Nc3c(F)cccc3F)ccn2)no1. The first kappa shape index (κ1) is 15.6. The molecular formula is C16H12F2N4O2. The monoisotopic (exact) mass is 330 g/mol. The molecule has 0 aliphatic carbocycles. The van der Waals surface area contributed by atoms with Crippen molar-refractivity contribution in [1.29, 1.82) is 0 Å². The van der Waals surface area contributed by atoms with E-state index in [9.17, 15) is 13.6 Å². The number of halogens is 2. The van der Waals surface area contributed by atoms with Crippen LogP contribution in [0.5, 0.6) is 0 Å². The molecule has 2 N–H and O–H groups in total. The molecule has 0 radical (unpaired) electrons. The fraction of sp³-hybridized carbons (Fsp3) is 0.0625. The highest BCUT2D eigenvalue weighted by atomic mass is 19.1. The van der Waals surface area contributed by atoms with Crippen molar-refractivity contribution in [3.63, 3.8) is 0 Å². The number of hydrogen-bond acceptors (Lipinski definition) is 5. The molecule has 3 rings (SSSR count). The van der Waals surface area contributed by atoms with Crippen LogP contribution in [0.1, 0.15) is 16.2 Å². The molecule has 2 aromatic heterocycles. The lowest BCUT2D eigenvalue weighted by Gasteiger charge is -2.09. The van der Waals surface area contributed by atoms with E-state index >= 15 is 0 Å². The van der Waals surface area contributed by atoms with Crippen molar-refractivity contribution < 1.29 is 18.1 Å². The van der Waals surface area contributed by atoms with Crippen LogP contribution >= 0.6 is 0 Å².